The van der Waals surface area contributed by atoms with Crippen molar-refractivity contribution in [3.63, 3.8) is 0 Å². The molecule has 2 atom stereocenters. The highest BCUT2D eigenvalue weighted by Gasteiger charge is 2.16. The molecule has 2 unspecified atom stereocenters. The van der Waals surface area contributed by atoms with Crippen LogP contribution in [-0.4, -0.2) is 21.1 Å². The number of nitrogen functional groups attached to an aromatic ring is 1. The summed E-state index contributed by atoms with van der Waals surface area (Å²) in [7, 11) is -0.958. The normalized spacial score (nSPS) is 14.1. The maximum atomic E-state index is 11.9. The van der Waals surface area contributed by atoms with E-state index in [1.54, 1.807) is 24.3 Å². The molecule has 0 radical (unpaired) electrons. The first-order chi connectivity index (χ1) is 8.90. The SMILES string of the molecule is CC(C)C(C)S(=O)CCC(=O)Nc1ccc(N)cc1. The number of nitrogens with one attached hydrogen (secondary N) is 1. The van der Waals surface area contributed by atoms with Crippen molar-refractivity contribution in [2.45, 2.75) is 32.4 Å². The minimum absolute atomic E-state index is 0.115. The average Bonchev–Trinajstić information content (AvgIpc) is 2.37. The van der Waals surface area contributed by atoms with Crippen LogP contribution in [0.4, 0.5) is 11.4 Å². The van der Waals surface area contributed by atoms with Crippen LogP contribution in [0.2, 0.25) is 0 Å². The third kappa shape index (κ3) is 5.42. The Kier molecular flexibility index (Phi) is 6.02. The molecule has 4 nitrogen and oxygen atoms in total. The second-order valence-corrected chi connectivity index (χ2v) is 6.87. The summed E-state index contributed by atoms with van der Waals surface area (Å²) in [6.07, 6.45) is 0.272. The molecule has 0 aliphatic rings. The molecule has 0 bridgehead atoms. The van der Waals surface area contributed by atoms with Crippen LogP contribution in [0.5, 0.6) is 0 Å². The molecule has 1 rings (SSSR count). The zero-order chi connectivity index (χ0) is 14.4. The molecule has 5 heteroatoms. The molecule has 0 saturated carbocycles. The Morgan fingerprint density at radius 3 is 2.37 bits per heavy atom. The number of carbonyl (C=O) groups is 1. The lowest BCUT2D eigenvalue weighted by atomic mass is 10.2. The van der Waals surface area contributed by atoms with E-state index in [9.17, 15) is 9.00 Å². The smallest absolute Gasteiger partial charge is 0.225 e. The van der Waals surface area contributed by atoms with E-state index in [1.807, 2.05) is 20.8 Å². The molecule has 0 fully saturated rings. The summed E-state index contributed by atoms with van der Waals surface area (Å²) in [5.41, 5.74) is 6.93. The molecule has 19 heavy (non-hydrogen) atoms. The van der Waals surface area contributed by atoms with E-state index in [1.165, 1.54) is 0 Å². The fourth-order valence-corrected chi connectivity index (χ4v) is 2.84. The van der Waals surface area contributed by atoms with Crippen molar-refractivity contribution in [1.29, 1.82) is 0 Å². The van der Waals surface area contributed by atoms with Crippen LogP contribution in [0.15, 0.2) is 24.3 Å². The minimum Gasteiger partial charge on any atom is -0.399 e. The molecule has 0 aromatic heterocycles. The van der Waals surface area contributed by atoms with Gasteiger partial charge in [-0.2, -0.15) is 0 Å². The van der Waals surface area contributed by atoms with Crippen LogP contribution in [0.25, 0.3) is 0 Å². The maximum Gasteiger partial charge on any atom is 0.225 e. The maximum absolute atomic E-state index is 11.9. The van der Waals surface area contributed by atoms with Crippen molar-refractivity contribution < 1.29 is 9.00 Å². The van der Waals surface area contributed by atoms with Gasteiger partial charge in [0.15, 0.2) is 0 Å². The Hall–Kier alpha value is -1.36. The molecular weight excluding hydrogens is 260 g/mol. The predicted molar refractivity (Wildman–Crippen MR) is 81.4 cm³/mol. The molecule has 1 amide bonds. The van der Waals surface area contributed by atoms with Crippen LogP contribution in [0.3, 0.4) is 0 Å². The lowest BCUT2D eigenvalue weighted by molar-refractivity contribution is -0.115. The number of benzene rings is 1. The Balaban J connectivity index is 2.40. The van der Waals surface area contributed by atoms with E-state index in [-0.39, 0.29) is 17.6 Å². The number of nitrogens with two attached hydrogens (primary N) is 1. The summed E-state index contributed by atoms with van der Waals surface area (Å²) in [6.45, 7) is 6.03. The zero-order valence-electron chi connectivity index (χ0n) is 11.7. The first-order valence-electron chi connectivity index (χ1n) is 6.42. The van der Waals surface area contributed by atoms with Crippen molar-refractivity contribution in [2.75, 3.05) is 16.8 Å². The van der Waals surface area contributed by atoms with Crippen LogP contribution in [0, 0.1) is 5.92 Å². The monoisotopic (exact) mass is 282 g/mol. The topological polar surface area (TPSA) is 72.2 Å². The van der Waals surface area contributed by atoms with Gasteiger partial charge in [0.1, 0.15) is 0 Å². The fraction of sp³-hybridized carbons (Fsp3) is 0.500. The first kappa shape index (κ1) is 15.7. The molecule has 0 aliphatic heterocycles. The van der Waals surface area contributed by atoms with Crippen molar-refractivity contribution in [3.8, 4) is 0 Å². The van der Waals surface area contributed by atoms with Gasteiger partial charge in [0.2, 0.25) is 5.91 Å². The van der Waals surface area contributed by atoms with Gasteiger partial charge in [0.25, 0.3) is 0 Å². The second-order valence-electron chi connectivity index (χ2n) is 4.95. The number of amides is 1. The Morgan fingerprint density at radius 2 is 1.84 bits per heavy atom. The molecule has 0 aliphatic carbocycles. The number of carbonyl (C=O) groups excluding carboxylic acids is 1. The highest BCUT2D eigenvalue weighted by molar-refractivity contribution is 7.85. The van der Waals surface area contributed by atoms with Gasteiger partial charge in [-0.25, -0.2) is 0 Å². The van der Waals surface area contributed by atoms with Crippen molar-refractivity contribution in [2.24, 2.45) is 5.92 Å². The van der Waals surface area contributed by atoms with Gasteiger partial charge in [-0.05, 0) is 30.2 Å². The Labute approximate surface area is 117 Å². The Bertz CT molecular complexity index is 443. The van der Waals surface area contributed by atoms with E-state index >= 15 is 0 Å². The average molecular weight is 282 g/mol. The summed E-state index contributed by atoms with van der Waals surface area (Å²) in [4.78, 5) is 11.7. The van der Waals surface area contributed by atoms with Gasteiger partial charge in [-0.3, -0.25) is 9.00 Å². The number of rotatable bonds is 6. The van der Waals surface area contributed by atoms with E-state index in [4.69, 9.17) is 5.73 Å². The molecular formula is C14H22N2O2S. The van der Waals surface area contributed by atoms with Crippen LogP contribution < -0.4 is 11.1 Å². The molecule has 0 heterocycles. The van der Waals surface area contributed by atoms with Crippen LogP contribution in [0.1, 0.15) is 27.2 Å². The molecule has 106 valence electrons. The van der Waals surface area contributed by atoms with E-state index in [0.29, 0.717) is 23.0 Å². The predicted octanol–water partition coefficient (Wildman–Crippen LogP) is 2.39. The molecule has 0 saturated heterocycles. The first-order valence-corrected chi connectivity index (χ1v) is 7.81. The van der Waals surface area contributed by atoms with Crippen molar-refractivity contribution in [3.05, 3.63) is 24.3 Å². The van der Waals surface area contributed by atoms with Gasteiger partial charge < -0.3 is 11.1 Å². The zero-order valence-corrected chi connectivity index (χ0v) is 12.5. The molecule has 0 spiro atoms. The summed E-state index contributed by atoms with van der Waals surface area (Å²) in [5, 5.41) is 2.88. The van der Waals surface area contributed by atoms with Crippen LogP contribution >= 0.6 is 0 Å². The van der Waals surface area contributed by atoms with Crippen LogP contribution in [-0.2, 0) is 15.6 Å². The summed E-state index contributed by atoms with van der Waals surface area (Å²) in [6, 6.07) is 6.96. The minimum atomic E-state index is -0.958. The number of anilines is 2. The largest absolute Gasteiger partial charge is 0.399 e. The van der Waals surface area contributed by atoms with Gasteiger partial charge in [-0.15, -0.1) is 0 Å². The van der Waals surface area contributed by atoms with Gasteiger partial charge in [0, 0.05) is 39.6 Å². The summed E-state index contributed by atoms with van der Waals surface area (Å²) < 4.78 is 11.9. The number of hydrogen-bond donors (Lipinski definition) is 2. The third-order valence-electron chi connectivity index (χ3n) is 3.08. The molecule has 3 N–H and O–H groups in total. The lowest BCUT2D eigenvalue weighted by Gasteiger charge is -2.14. The van der Waals surface area contributed by atoms with E-state index < -0.39 is 10.8 Å². The highest BCUT2D eigenvalue weighted by atomic mass is 32.2. The quantitative estimate of drug-likeness (QED) is 0.787. The fourth-order valence-electron chi connectivity index (χ4n) is 1.47. The third-order valence-corrected chi connectivity index (χ3v) is 5.06. The second kappa shape index (κ2) is 7.28. The molecule has 1 aromatic rings. The van der Waals surface area contributed by atoms with Crippen molar-refractivity contribution >= 4 is 28.1 Å². The van der Waals surface area contributed by atoms with Crippen molar-refractivity contribution in [1.82, 2.24) is 0 Å². The van der Waals surface area contributed by atoms with E-state index in [2.05, 4.69) is 5.32 Å². The van der Waals surface area contributed by atoms with Gasteiger partial charge in [-0.1, -0.05) is 20.8 Å². The standard InChI is InChI=1S/C14H22N2O2S/c1-10(2)11(3)19(18)9-8-14(17)16-13-6-4-12(15)5-7-13/h4-7,10-11H,8-9,15H2,1-3H3,(H,16,17). The molecule has 1 aromatic carbocycles. The summed E-state index contributed by atoms with van der Waals surface area (Å²) in [5.74, 6) is 0.648. The Morgan fingerprint density at radius 1 is 1.26 bits per heavy atom. The number of hydrogen-bond acceptors (Lipinski definition) is 3. The van der Waals surface area contributed by atoms with Gasteiger partial charge >= 0.3 is 0 Å². The summed E-state index contributed by atoms with van der Waals surface area (Å²) >= 11 is 0. The lowest BCUT2D eigenvalue weighted by Crippen LogP contribution is -2.23. The highest BCUT2D eigenvalue weighted by Crippen LogP contribution is 2.12. The van der Waals surface area contributed by atoms with E-state index in [0.717, 1.165) is 0 Å². The van der Waals surface area contributed by atoms with Gasteiger partial charge in [0.05, 0.1) is 0 Å².